The molecule has 1 saturated heterocycles. The van der Waals surface area contributed by atoms with Gasteiger partial charge in [-0.1, -0.05) is 0 Å². The lowest BCUT2D eigenvalue weighted by Gasteiger charge is -2.26. The fourth-order valence-electron chi connectivity index (χ4n) is 1.39. The van der Waals surface area contributed by atoms with Gasteiger partial charge in [0.1, 0.15) is 11.8 Å². The summed E-state index contributed by atoms with van der Waals surface area (Å²) in [5, 5.41) is 2.67. The number of carbonyl (C=O) groups is 2. The van der Waals surface area contributed by atoms with E-state index < -0.39 is 17.8 Å². The maximum Gasteiger partial charge on any atom is 0.412 e. The quantitative estimate of drug-likeness (QED) is 0.835. The van der Waals surface area contributed by atoms with Crippen molar-refractivity contribution in [2.45, 2.75) is 39.5 Å². The molecule has 0 aromatic rings. The topological polar surface area (TPSA) is 67.9 Å². The Labute approximate surface area is 111 Å². The number of nitrogens with zero attached hydrogens (tertiary/aromatic N) is 1. The van der Waals surface area contributed by atoms with Gasteiger partial charge >= 0.3 is 12.2 Å². The Morgan fingerprint density at radius 2 is 2.11 bits per heavy atom. The molecule has 1 aliphatic rings. The highest BCUT2D eigenvalue weighted by Gasteiger charge is 2.32. The van der Waals surface area contributed by atoms with E-state index in [-0.39, 0.29) is 6.17 Å². The van der Waals surface area contributed by atoms with E-state index in [1.807, 2.05) is 0 Å². The van der Waals surface area contributed by atoms with E-state index >= 15 is 0 Å². The van der Waals surface area contributed by atoms with E-state index in [4.69, 9.17) is 9.47 Å². The molecule has 2 amide bonds. The summed E-state index contributed by atoms with van der Waals surface area (Å²) in [6.07, 6.45) is -1.31. The van der Waals surface area contributed by atoms with Crippen molar-refractivity contribution in [1.29, 1.82) is 0 Å². The largest absolute Gasteiger partial charge is 0.450 e. The lowest BCUT2D eigenvalue weighted by atomic mass is 10.2. The van der Waals surface area contributed by atoms with E-state index in [1.54, 1.807) is 39.5 Å². The van der Waals surface area contributed by atoms with Crippen LogP contribution < -0.4 is 5.32 Å². The summed E-state index contributed by atoms with van der Waals surface area (Å²) >= 11 is 1.56. The molecule has 0 aromatic heterocycles. The van der Waals surface area contributed by atoms with Gasteiger partial charge in [0, 0.05) is 5.75 Å². The second-order valence-electron chi connectivity index (χ2n) is 4.83. The minimum Gasteiger partial charge on any atom is -0.450 e. The van der Waals surface area contributed by atoms with Crippen LogP contribution in [0.15, 0.2) is 0 Å². The van der Waals surface area contributed by atoms with Crippen LogP contribution in [0.25, 0.3) is 0 Å². The normalized spacial score (nSPS) is 19.6. The van der Waals surface area contributed by atoms with Gasteiger partial charge in [-0.15, -0.1) is 11.8 Å². The average Bonchev–Trinajstić information content (AvgIpc) is 2.62. The Balaban J connectivity index is 2.50. The molecule has 0 aliphatic carbocycles. The molecule has 0 radical (unpaired) electrons. The maximum atomic E-state index is 11.6. The molecule has 1 N–H and O–H groups in total. The molecule has 0 unspecified atom stereocenters. The molecule has 0 bridgehead atoms. The van der Waals surface area contributed by atoms with Gasteiger partial charge in [0.15, 0.2) is 0 Å². The highest BCUT2D eigenvalue weighted by Crippen LogP contribution is 2.20. The number of hydrogen-bond donors (Lipinski definition) is 1. The van der Waals surface area contributed by atoms with Crippen LogP contribution in [0.4, 0.5) is 9.59 Å². The number of alkyl carbamates (subject to hydrolysis) is 1. The molecule has 0 spiro atoms. The first kappa shape index (κ1) is 14.9. The van der Waals surface area contributed by atoms with Gasteiger partial charge in [0.2, 0.25) is 0 Å². The van der Waals surface area contributed by atoms with Gasteiger partial charge in [0.05, 0.1) is 12.5 Å². The van der Waals surface area contributed by atoms with Gasteiger partial charge in [-0.2, -0.15) is 0 Å². The molecule has 0 aromatic carbocycles. The third-order valence-electron chi connectivity index (χ3n) is 2.07. The minimum atomic E-state index is -0.551. The van der Waals surface area contributed by atoms with Crippen molar-refractivity contribution in [2.24, 2.45) is 0 Å². The molecule has 1 rings (SSSR count). The van der Waals surface area contributed by atoms with Crippen molar-refractivity contribution in [3.63, 3.8) is 0 Å². The maximum absolute atomic E-state index is 11.6. The Kier molecular flexibility index (Phi) is 5.13. The Morgan fingerprint density at radius 1 is 1.44 bits per heavy atom. The first-order chi connectivity index (χ1) is 8.33. The van der Waals surface area contributed by atoms with E-state index in [2.05, 4.69) is 5.32 Å². The first-order valence-corrected chi connectivity index (χ1v) is 6.99. The molecule has 1 aliphatic heterocycles. The smallest absolute Gasteiger partial charge is 0.412 e. The summed E-state index contributed by atoms with van der Waals surface area (Å²) in [6.45, 7) is 7.44. The summed E-state index contributed by atoms with van der Waals surface area (Å²) in [4.78, 5) is 24.7. The lowest BCUT2D eigenvalue weighted by Crippen LogP contribution is -2.49. The van der Waals surface area contributed by atoms with Crippen LogP contribution in [0.3, 0.4) is 0 Å². The van der Waals surface area contributed by atoms with Crippen LogP contribution in [0.5, 0.6) is 0 Å². The third-order valence-corrected chi connectivity index (χ3v) is 3.08. The predicted octanol–water partition coefficient (Wildman–Crippen LogP) is 2.00. The van der Waals surface area contributed by atoms with Crippen molar-refractivity contribution < 1.29 is 19.1 Å². The highest BCUT2D eigenvalue weighted by molar-refractivity contribution is 7.99. The van der Waals surface area contributed by atoms with Crippen molar-refractivity contribution in [3.8, 4) is 0 Å². The van der Waals surface area contributed by atoms with Crippen molar-refractivity contribution in [2.75, 3.05) is 18.2 Å². The van der Waals surface area contributed by atoms with Gasteiger partial charge < -0.3 is 14.8 Å². The lowest BCUT2D eigenvalue weighted by molar-refractivity contribution is 0.0442. The Morgan fingerprint density at radius 3 is 2.67 bits per heavy atom. The molecule has 0 saturated carbocycles. The molecule has 1 fully saturated rings. The molecule has 104 valence electrons. The Hall–Kier alpha value is -1.11. The van der Waals surface area contributed by atoms with Crippen LogP contribution >= 0.6 is 11.8 Å². The summed E-state index contributed by atoms with van der Waals surface area (Å²) in [5.74, 6) is 1.15. The SMILES string of the molecule is CCOC(=O)N1CSC[C@H]1NC(=O)OC(C)(C)C. The molecule has 6 nitrogen and oxygen atoms in total. The zero-order valence-corrected chi connectivity index (χ0v) is 12.0. The summed E-state index contributed by atoms with van der Waals surface area (Å²) in [5.41, 5.74) is -0.551. The third kappa shape index (κ3) is 4.64. The molecular weight excluding hydrogens is 256 g/mol. The van der Waals surface area contributed by atoms with E-state index in [0.717, 1.165) is 0 Å². The monoisotopic (exact) mass is 276 g/mol. The second kappa shape index (κ2) is 6.17. The molecule has 7 heteroatoms. The van der Waals surface area contributed by atoms with Gasteiger partial charge in [-0.3, -0.25) is 4.90 Å². The first-order valence-electron chi connectivity index (χ1n) is 5.84. The molecule has 18 heavy (non-hydrogen) atoms. The van der Waals surface area contributed by atoms with Gasteiger partial charge in [-0.05, 0) is 27.7 Å². The summed E-state index contributed by atoms with van der Waals surface area (Å²) < 4.78 is 10.1. The number of carbonyl (C=O) groups excluding carboxylic acids is 2. The number of thioether (sulfide) groups is 1. The van der Waals surface area contributed by atoms with Crippen LogP contribution in [0, 0.1) is 0 Å². The number of amides is 2. The fraction of sp³-hybridized carbons (Fsp3) is 0.818. The van der Waals surface area contributed by atoms with Crippen LogP contribution in [0.2, 0.25) is 0 Å². The molecule has 1 heterocycles. The minimum absolute atomic E-state index is 0.319. The number of rotatable bonds is 2. The molecule has 1 atom stereocenters. The zero-order valence-electron chi connectivity index (χ0n) is 11.2. The number of nitrogens with one attached hydrogen (secondary N) is 1. The van der Waals surface area contributed by atoms with Gasteiger partial charge in [0.25, 0.3) is 0 Å². The van der Waals surface area contributed by atoms with Crippen molar-refractivity contribution >= 4 is 23.9 Å². The molecular formula is C11H20N2O4S. The standard InChI is InChI=1S/C11H20N2O4S/c1-5-16-10(15)13-7-18-6-8(13)12-9(14)17-11(2,3)4/h8H,5-7H2,1-4H3,(H,12,14)/t8-/m0/s1. The zero-order chi connectivity index (χ0) is 13.8. The Bertz CT molecular complexity index is 317. The van der Waals surface area contributed by atoms with Crippen LogP contribution in [-0.2, 0) is 9.47 Å². The van der Waals surface area contributed by atoms with E-state index in [1.165, 1.54) is 4.90 Å². The van der Waals surface area contributed by atoms with Crippen molar-refractivity contribution in [1.82, 2.24) is 10.2 Å². The summed E-state index contributed by atoms with van der Waals surface area (Å²) in [7, 11) is 0. The summed E-state index contributed by atoms with van der Waals surface area (Å²) in [6, 6.07) is 0. The van der Waals surface area contributed by atoms with E-state index in [0.29, 0.717) is 18.2 Å². The highest BCUT2D eigenvalue weighted by atomic mass is 32.2. The van der Waals surface area contributed by atoms with Crippen molar-refractivity contribution in [3.05, 3.63) is 0 Å². The van der Waals surface area contributed by atoms with E-state index in [9.17, 15) is 9.59 Å². The average molecular weight is 276 g/mol. The number of hydrogen-bond acceptors (Lipinski definition) is 5. The predicted molar refractivity (Wildman–Crippen MR) is 69.3 cm³/mol. The van der Waals surface area contributed by atoms with Crippen LogP contribution in [0.1, 0.15) is 27.7 Å². The van der Waals surface area contributed by atoms with Gasteiger partial charge in [-0.25, -0.2) is 9.59 Å². The number of ether oxygens (including phenoxy) is 2. The van der Waals surface area contributed by atoms with Crippen LogP contribution in [-0.4, -0.2) is 47.1 Å². The second-order valence-corrected chi connectivity index (χ2v) is 5.83. The fourth-order valence-corrected chi connectivity index (χ4v) is 2.47.